The van der Waals surface area contributed by atoms with Gasteiger partial charge in [0, 0.05) is 17.9 Å². The molecule has 3 nitrogen and oxygen atoms in total. The number of rotatable bonds is 2. The number of methoxy groups -OCH3 is 1. The zero-order valence-corrected chi connectivity index (χ0v) is 11.3. The number of ether oxygens (including phenoxy) is 1. The monoisotopic (exact) mass is 308 g/mol. The van der Waals surface area contributed by atoms with E-state index in [1.54, 1.807) is 6.07 Å². The molecular formula is C13H12ClF3O3. The largest absolute Gasteiger partial charge is 0.468 e. The van der Waals surface area contributed by atoms with Crippen molar-refractivity contribution in [3.63, 3.8) is 0 Å². The first-order valence-electron chi connectivity index (χ1n) is 5.78. The van der Waals surface area contributed by atoms with Crippen LogP contribution in [0.4, 0.5) is 13.2 Å². The summed E-state index contributed by atoms with van der Waals surface area (Å²) in [7, 11) is 1.10. The summed E-state index contributed by atoms with van der Waals surface area (Å²) in [5.41, 5.74) is -4.07. The Hall–Kier alpha value is -1.27. The lowest BCUT2D eigenvalue weighted by Crippen LogP contribution is -2.65. The van der Waals surface area contributed by atoms with Crippen molar-refractivity contribution in [2.45, 2.75) is 30.0 Å². The number of benzene rings is 1. The highest BCUT2D eigenvalue weighted by Gasteiger charge is 2.70. The lowest BCUT2D eigenvalue weighted by molar-refractivity contribution is -0.302. The Balaban J connectivity index is 2.40. The fourth-order valence-corrected chi connectivity index (χ4v) is 2.79. The van der Waals surface area contributed by atoms with Gasteiger partial charge < -0.3 is 9.84 Å². The Kier molecular flexibility index (Phi) is 3.50. The molecule has 0 bridgehead atoms. The van der Waals surface area contributed by atoms with Crippen LogP contribution in [0.25, 0.3) is 0 Å². The third-order valence-electron chi connectivity index (χ3n) is 3.67. The standard InChI is InChI=1S/C13H12ClF3O3/c1-20-10(18)11(8-3-2-4-9(14)5-8)6-12(19,7-11)13(15,16)17/h2-5,19H,6-7H2,1H3. The molecule has 0 amide bonds. The maximum absolute atomic E-state index is 12.8. The summed E-state index contributed by atoms with van der Waals surface area (Å²) >= 11 is 5.80. The van der Waals surface area contributed by atoms with E-state index in [0.29, 0.717) is 10.6 Å². The number of halogens is 4. The second-order valence-electron chi connectivity index (χ2n) is 4.97. The van der Waals surface area contributed by atoms with E-state index >= 15 is 0 Å². The molecule has 7 heteroatoms. The number of carbonyl (C=O) groups is 1. The minimum atomic E-state index is -4.79. The molecule has 0 spiro atoms. The molecule has 0 aromatic heterocycles. The molecule has 110 valence electrons. The normalized spacial score (nSPS) is 29.7. The number of alkyl halides is 3. The van der Waals surface area contributed by atoms with E-state index in [2.05, 4.69) is 4.74 Å². The Bertz CT molecular complexity index is 536. The highest BCUT2D eigenvalue weighted by atomic mass is 35.5. The number of carbonyl (C=O) groups excluding carboxylic acids is 1. The van der Waals surface area contributed by atoms with Gasteiger partial charge in [-0.25, -0.2) is 0 Å². The molecular weight excluding hydrogens is 297 g/mol. The van der Waals surface area contributed by atoms with E-state index in [1.807, 2.05) is 0 Å². The Morgan fingerprint density at radius 3 is 2.45 bits per heavy atom. The van der Waals surface area contributed by atoms with Crippen LogP contribution in [0, 0.1) is 0 Å². The van der Waals surface area contributed by atoms with Crippen LogP contribution in [-0.2, 0) is 14.9 Å². The Labute approximate surface area is 118 Å². The molecule has 1 saturated carbocycles. The highest BCUT2D eigenvalue weighted by molar-refractivity contribution is 6.30. The molecule has 1 aliphatic rings. The first kappa shape index (κ1) is 15.1. The summed E-state index contributed by atoms with van der Waals surface area (Å²) in [4.78, 5) is 11.9. The average Bonchev–Trinajstić information content (AvgIpc) is 2.32. The minimum Gasteiger partial charge on any atom is -0.468 e. The summed E-state index contributed by atoms with van der Waals surface area (Å²) in [6.45, 7) is 0. The molecule has 1 aliphatic carbocycles. The van der Waals surface area contributed by atoms with Crippen LogP contribution < -0.4 is 0 Å². The van der Waals surface area contributed by atoms with Crippen molar-refractivity contribution in [2.75, 3.05) is 7.11 Å². The molecule has 0 unspecified atom stereocenters. The van der Waals surface area contributed by atoms with Gasteiger partial charge in [-0.1, -0.05) is 23.7 Å². The van der Waals surface area contributed by atoms with E-state index in [9.17, 15) is 23.1 Å². The van der Waals surface area contributed by atoms with Crippen LogP contribution in [-0.4, -0.2) is 30.0 Å². The van der Waals surface area contributed by atoms with Crippen LogP contribution in [0.1, 0.15) is 18.4 Å². The fraction of sp³-hybridized carbons (Fsp3) is 0.462. The Morgan fingerprint density at radius 2 is 2.00 bits per heavy atom. The maximum atomic E-state index is 12.8. The highest BCUT2D eigenvalue weighted by Crippen LogP contribution is 2.57. The van der Waals surface area contributed by atoms with Crippen molar-refractivity contribution in [1.29, 1.82) is 0 Å². The van der Waals surface area contributed by atoms with Gasteiger partial charge in [0.15, 0.2) is 5.60 Å². The van der Waals surface area contributed by atoms with Crippen molar-refractivity contribution in [2.24, 2.45) is 0 Å². The van der Waals surface area contributed by atoms with Crippen LogP contribution in [0.15, 0.2) is 24.3 Å². The van der Waals surface area contributed by atoms with Crippen molar-refractivity contribution in [1.82, 2.24) is 0 Å². The van der Waals surface area contributed by atoms with E-state index in [-0.39, 0.29) is 0 Å². The molecule has 0 aliphatic heterocycles. The molecule has 0 radical (unpaired) electrons. The first-order valence-corrected chi connectivity index (χ1v) is 6.16. The molecule has 2 rings (SSSR count). The van der Waals surface area contributed by atoms with Crippen LogP contribution >= 0.6 is 11.6 Å². The topological polar surface area (TPSA) is 46.5 Å². The molecule has 1 aromatic carbocycles. The van der Waals surface area contributed by atoms with Gasteiger partial charge >= 0.3 is 12.1 Å². The summed E-state index contributed by atoms with van der Waals surface area (Å²) in [5, 5.41) is 9.89. The SMILES string of the molecule is COC(=O)C1(c2cccc(Cl)c2)CC(O)(C(F)(F)F)C1. The smallest absolute Gasteiger partial charge is 0.417 e. The molecule has 0 atom stereocenters. The molecule has 1 aromatic rings. The summed E-state index contributed by atoms with van der Waals surface area (Å²) in [6, 6.07) is 5.99. The second-order valence-corrected chi connectivity index (χ2v) is 5.40. The lowest BCUT2D eigenvalue weighted by Gasteiger charge is -2.51. The molecule has 20 heavy (non-hydrogen) atoms. The average molecular weight is 309 g/mol. The van der Waals surface area contributed by atoms with E-state index < -0.39 is 36.0 Å². The van der Waals surface area contributed by atoms with Gasteiger partial charge in [0.25, 0.3) is 0 Å². The maximum Gasteiger partial charge on any atom is 0.417 e. The molecule has 0 saturated heterocycles. The van der Waals surface area contributed by atoms with E-state index in [1.165, 1.54) is 18.2 Å². The van der Waals surface area contributed by atoms with Gasteiger partial charge in [-0.05, 0) is 17.7 Å². The van der Waals surface area contributed by atoms with Crippen molar-refractivity contribution in [3.05, 3.63) is 34.9 Å². The van der Waals surface area contributed by atoms with Crippen molar-refractivity contribution in [3.8, 4) is 0 Å². The van der Waals surface area contributed by atoms with Crippen molar-refractivity contribution >= 4 is 17.6 Å². The van der Waals surface area contributed by atoms with E-state index in [4.69, 9.17) is 11.6 Å². The fourth-order valence-electron chi connectivity index (χ4n) is 2.59. The minimum absolute atomic E-state index is 0.299. The van der Waals surface area contributed by atoms with Gasteiger partial charge in [0.2, 0.25) is 0 Å². The van der Waals surface area contributed by atoms with Gasteiger partial charge in [0.05, 0.1) is 12.5 Å². The van der Waals surface area contributed by atoms with Gasteiger partial charge in [-0.2, -0.15) is 13.2 Å². The lowest BCUT2D eigenvalue weighted by atomic mass is 9.55. The zero-order chi connectivity index (χ0) is 15.2. The van der Waals surface area contributed by atoms with Crippen LogP contribution in [0.5, 0.6) is 0 Å². The number of hydrogen-bond donors (Lipinski definition) is 1. The molecule has 0 heterocycles. The van der Waals surface area contributed by atoms with Crippen molar-refractivity contribution < 1.29 is 27.8 Å². The van der Waals surface area contributed by atoms with Gasteiger partial charge in [-0.3, -0.25) is 4.79 Å². The number of aliphatic hydroxyl groups is 1. The van der Waals surface area contributed by atoms with Gasteiger partial charge in [0.1, 0.15) is 0 Å². The quantitative estimate of drug-likeness (QED) is 0.855. The predicted octanol–water partition coefficient (Wildman–Crippen LogP) is 2.84. The summed E-state index contributed by atoms with van der Waals surface area (Å²) in [6.07, 6.45) is -6.32. The third-order valence-corrected chi connectivity index (χ3v) is 3.90. The van der Waals surface area contributed by atoms with E-state index in [0.717, 1.165) is 7.11 Å². The number of esters is 1. The summed E-state index contributed by atoms with van der Waals surface area (Å²) in [5.74, 6) is -0.811. The van der Waals surface area contributed by atoms with Gasteiger partial charge in [-0.15, -0.1) is 0 Å². The summed E-state index contributed by atoms with van der Waals surface area (Å²) < 4.78 is 42.9. The third kappa shape index (κ3) is 2.16. The molecule has 1 fully saturated rings. The zero-order valence-electron chi connectivity index (χ0n) is 10.5. The molecule has 1 N–H and O–H groups in total. The van der Waals surface area contributed by atoms with Crippen LogP contribution in [0.3, 0.4) is 0 Å². The second kappa shape index (κ2) is 4.63. The Morgan fingerprint density at radius 1 is 1.40 bits per heavy atom. The van der Waals surface area contributed by atoms with Crippen LogP contribution in [0.2, 0.25) is 5.02 Å². The first-order chi connectivity index (χ1) is 9.14. The number of hydrogen-bond acceptors (Lipinski definition) is 3. The predicted molar refractivity (Wildman–Crippen MR) is 65.4 cm³/mol.